The lowest BCUT2D eigenvalue weighted by Crippen LogP contribution is -2.26. The number of hydrogen-bond acceptors (Lipinski definition) is 4. The molecule has 0 aromatic heterocycles. The first-order valence-electron chi connectivity index (χ1n) is 4.96. The summed E-state index contributed by atoms with van der Waals surface area (Å²) >= 11 is 0. The number of hydrogen-bond donors (Lipinski definition) is 4. The molecule has 17 heavy (non-hydrogen) atoms. The smallest absolute Gasteiger partial charge is 0.248 e. The van der Waals surface area contributed by atoms with E-state index >= 15 is 0 Å². The second-order valence-corrected chi connectivity index (χ2v) is 3.67. The maximum Gasteiger partial charge on any atom is 0.248 e. The molecule has 1 aromatic carbocycles. The van der Waals surface area contributed by atoms with Crippen molar-refractivity contribution in [1.29, 1.82) is 0 Å². The maximum atomic E-state index is 10.9. The van der Waals surface area contributed by atoms with Gasteiger partial charge in [0.2, 0.25) is 11.8 Å². The number of primary amides is 2. The van der Waals surface area contributed by atoms with Gasteiger partial charge in [-0.2, -0.15) is 0 Å². The fourth-order valence-corrected chi connectivity index (χ4v) is 1.42. The Kier molecular flexibility index (Phi) is 4.19. The van der Waals surface area contributed by atoms with E-state index in [2.05, 4.69) is 0 Å². The van der Waals surface area contributed by atoms with Crippen molar-refractivity contribution in [3.63, 3.8) is 0 Å². The van der Waals surface area contributed by atoms with E-state index in [0.29, 0.717) is 5.56 Å². The van der Waals surface area contributed by atoms with Crippen molar-refractivity contribution < 1.29 is 19.8 Å². The highest BCUT2D eigenvalue weighted by atomic mass is 16.3. The van der Waals surface area contributed by atoms with Crippen LogP contribution in [0.2, 0.25) is 0 Å². The molecule has 2 atom stereocenters. The fraction of sp³-hybridized carbons (Fsp3) is 0.273. The Morgan fingerprint density at radius 1 is 1.24 bits per heavy atom. The van der Waals surface area contributed by atoms with Crippen molar-refractivity contribution in [1.82, 2.24) is 0 Å². The third-order valence-electron chi connectivity index (χ3n) is 2.29. The summed E-state index contributed by atoms with van der Waals surface area (Å²) in [6.45, 7) is 0. The second-order valence-electron chi connectivity index (χ2n) is 3.67. The summed E-state index contributed by atoms with van der Waals surface area (Å²) in [5.74, 6) is -1.36. The van der Waals surface area contributed by atoms with Gasteiger partial charge in [-0.05, 0) is 17.7 Å². The third-order valence-corrected chi connectivity index (χ3v) is 2.29. The molecule has 0 fully saturated rings. The van der Waals surface area contributed by atoms with Crippen LogP contribution in [0.5, 0.6) is 0 Å². The van der Waals surface area contributed by atoms with Gasteiger partial charge >= 0.3 is 0 Å². The molecule has 0 bridgehead atoms. The van der Waals surface area contributed by atoms with Crippen molar-refractivity contribution in [3.8, 4) is 0 Å². The zero-order valence-corrected chi connectivity index (χ0v) is 9.04. The SMILES string of the molecule is NC(=O)CC(O)C(O)c1cccc(C(N)=O)c1. The van der Waals surface area contributed by atoms with Crippen molar-refractivity contribution in [2.24, 2.45) is 11.5 Å². The summed E-state index contributed by atoms with van der Waals surface area (Å²) in [4.78, 5) is 21.5. The van der Waals surface area contributed by atoms with Gasteiger partial charge in [-0.25, -0.2) is 0 Å². The number of amides is 2. The van der Waals surface area contributed by atoms with E-state index in [1.54, 1.807) is 0 Å². The predicted octanol–water partition coefficient (Wildman–Crippen LogP) is -0.945. The van der Waals surface area contributed by atoms with Crippen LogP contribution in [-0.2, 0) is 4.79 Å². The standard InChI is InChI=1S/C11H14N2O4/c12-9(15)5-8(14)10(16)6-2-1-3-7(4-6)11(13)17/h1-4,8,10,14,16H,5H2,(H2,12,15)(H2,13,17). The Balaban J connectivity index is 2.88. The van der Waals surface area contributed by atoms with E-state index in [0.717, 1.165) is 0 Å². The van der Waals surface area contributed by atoms with Crippen LogP contribution < -0.4 is 11.5 Å². The average molecular weight is 238 g/mol. The molecule has 2 unspecified atom stereocenters. The van der Waals surface area contributed by atoms with E-state index in [-0.39, 0.29) is 12.0 Å². The van der Waals surface area contributed by atoms with Crippen LogP contribution in [0.4, 0.5) is 0 Å². The fourth-order valence-electron chi connectivity index (χ4n) is 1.42. The molecule has 2 amide bonds. The molecular formula is C11H14N2O4. The van der Waals surface area contributed by atoms with E-state index in [1.807, 2.05) is 0 Å². The van der Waals surface area contributed by atoms with Crippen LogP contribution in [0.15, 0.2) is 24.3 Å². The first kappa shape index (κ1) is 13.1. The number of aliphatic hydroxyl groups excluding tert-OH is 2. The lowest BCUT2D eigenvalue weighted by atomic mass is 10.00. The molecule has 0 saturated heterocycles. The zero-order valence-electron chi connectivity index (χ0n) is 9.04. The van der Waals surface area contributed by atoms with E-state index in [4.69, 9.17) is 11.5 Å². The van der Waals surface area contributed by atoms with Gasteiger partial charge < -0.3 is 21.7 Å². The van der Waals surface area contributed by atoms with Gasteiger partial charge in [0, 0.05) is 5.56 Å². The number of carbonyl (C=O) groups excluding carboxylic acids is 2. The van der Waals surface area contributed by atoms with Crippen molar-refractivity contribution >= 4 is 11.8 Å². The van der Waals surface area contributed by atoms with E-state index in [9.17, 15) is 19.8 Å². The monoisotopic (exact) mass is 238 g/mol. The number of rotatable bonds is 5. The number of aliphatic hydroxyl groups is 2. The maximum absolute atomic E-state index is 10.9. The van der Waals surface area contributed by atoms with Crippen molar-refractivity contribution in [3.05, 3.63) is 35.4 Å². The molecular weight excluding hydrogens is 224 g/mol. The van der Waals surface area contributed by atoms with E-state index in [1.165, 1.54) is 24.3 Å². The van der Waals surface area contributed by atoms with Gasteiger partial charge in [0.05, 0.1) is 12.5 Å². The summed E-state index contributed by atoms with van der Waals surface area (Å²) in [6, 6.07) is 5.88. The predicted molar refractivity (Wildman–Crippen MR) is 59.7 cm³/mol. The molecule has 6 heteroatoms. The first-order chi connectivity index (χ1) is 7.91. The van der Waals surface area contributed by atoms with Crippen LogP contribution in [0.3, 0.4) is 0 Å². The Hall–Kier alpha value is -1.92. The molecule has 6 nitrogen and oxygen atoms in total. The molecule has 0 spiro atoms. The summed E-state index contributed by atoms with van der Waals surface area (Å²) in [5, 5.41) is 19.2. The third kappa shape index (κ3) is 3.54. The van der Waals surface area contributed by atoms with Crippen LogP contribution in [0.1, 0.15) is 28.4 Å². The molecule has 6 N–H and O–H groups in total. The Morgan fingerprint density at radius 3 is 2.41 bits per heavy atom. The highest BCUT2D eigenvalue weighted by molar-refractivity contribution is 5.92. The van der Waals surface area contributed by atoms with Crippen LogP contribution in [0.25, 0.3) is 0 Å². The van der Waals surface area contributed by atoms with Gasteiger partial charge in [0.25, 0.3) is 0 Å². The molecule has 92 valence electrons. The van der Waals surface area contributed by atoms with Gasteiger partial charge in [0.15, 0.2) is 0 Å². The molecule has 0 radical (unpaired) electrons. The number of benzene rings is 1. The molecule has 0 aliphatic heterocycles. The van der Waals surface area contributed by atoms with Gasteiger partial charge in [0.1, 0.15) is 6.10 Å². The summed E-state index contributed by atoms with van der Waals surface area (Å²) in [7, 11) is 0. The topological polar surface area (TPSA) is 127 Å². The van der Waals surface area contributed by atoms with Crippen molar-refractivity contribution in [2.45, 2.75) is 18.6 Å². The quantitative estimate of drug-likeness (QED) is 0.527. The number of nitrogens with two attached hydrogens (primary N) is 2. The highest BCUT2D eigenvalue weighted by Crippen LogP contribution is 2.19. The van der Waals surface area contributed by atoms with Gasteiger partial charge in [-0.15, -0.1) is 0 Å². The Bertz CT molecular complexity index is 433. The molecule has 1 aromatic rings. The highest BCUT2D eigenvalue weighted by Gasteiger charge is 2.20. The normalized spacial score (nSPS) is 14.0. The van der Waals surface area contributed by atoms with Crippen LogP contribution >= 0.6 is 0 Å². The lowest BCUT2D eigenvalue weighted by Gasteiger charge is -2.17. The first-order valence-corrected chi connectivity index (χ1v) is 4.96. The molecule has 0 aliphatic rings. The van der Waals surface area contributed by atoms with Crippen LogP contribution in [-0.4, -0.2) is 28.1 Å². The minimum Gasteiger partial charge on any atom is -0.390 e. The molecule has 0 aliphatic carbocycles. The summed E-state index contributed by atoms with van der Waals surface area (Å²) in [6.07, 6.45) is -2.96. The van der Waals surface area contributed by atoms with Crippen molar-refractivity contribution in [2.75, 3.05) is 0 Å². The Morgan fingerprint density at radius 2 is 1.88 bits per heavy atom. The Labute approximate surface area is 97.8 Å². The zero-order chi connectivity index (χ0) is 13.0. The minimum atomic E-state index is -1.31. The number of carbonyl (C=O) groups is 2. The second kappa shape index (κ2) is 5.42. The summed E-state index contributed by atoms with van der Waals surface area (Å²) < 4.78 is 0. The van der Waals surface area contributed by atoms with Gasteiger partial charge in [-0.1, -0.05) is 12.1 Å². The molecule has 1 rings (SSSR count). The largest absolute Gasteiger partial charge is 0.390 e. The van der Waals surface area contributed by atoms with Gasteiger partial charge in [-0.3, -0.25) is 9.59 Å². The summed E-state index contributed by atoms with van der Waals surface area (Å²) in [5.41, 5.74) is 10.5. The molecule has 0 heterocycles. The average Bonchev–Trinajstić information content (AvgIpc) is 2.27. The van der Waals surface area contributed by atoms with Crippen LogP contribution in [0, 0.1) is 0 Å². The minimum absolute atomic E-state index is 0.216. The molecule has 0 saturated carbocycles. The lowest BCUT2D eigenvalue weighted by molar-refractivity contribution is -0.121. The van der Waals surface area contributed by atoms with E-state index < -0.39 is 24.0 Å².